The summed E-state index contributed by atoms with van der Waals surface area (Å²) in [5, 5.41) is 3.27. The van der Waals surface area contributed by atoms with Gasteiger partial charge in [-0.25, -0.2) is 0 Å². The van der Waals surface area contributed by atoms with Gasteiger partial charge in [0.15, 0.2) is 0 Å². The van der Waals surface area contributed by atoms with Crippen molar-refractivity contribution >= 4 is 0 Å². The van der Waals surface area contributed by atoms with Crippen LogP contribution in [0.1, 0.15) is 33.6 Å². The molecule has 1 nitrogen and oxygen atoms in total. The van der Waals surface area contributed by atoms with E-state index in [1.807, 2.05) is 0 Å². The molecule has 0 amide bonds. The highest BCUT2D eigenvalue weighted by Crippen LogP contribution is 2.03. The zero-order valence-corrected chi connectivity index (χ0v) is 6.91. The van der Waals surface area contributed by atoms with E-state index in [0.717, 1.165) is 5.92 Å². The van der Waals surface area contributed by atoms with E-state index in [0.29, 0.717) is 0 Å². The Morgan fingerprint density at radius 2 is 2.00 bits per heavy atom. The topological polar surface area (TPSA) is 12.0 Å². The molecular formula is C8H19N. The van der Waals surface area contributed by atoms with Crippen LogP contribution >= 0.6 is 0 Å². The lowest BCUT2D eigenvalue weighted by Crippen LogP contribution is -2.06. The molecule has 1 aliphatic rings. The normalized spacial score (nSPS) is 25.0. The van der Waals surface area contributed by atoms with Crippen LogP contribution in [0.4, 0.5) is 0 Å². The van der Waals surface area contributed by atoms with Crippen molar-refractivity contribution in [2.24, 2.45) is 5.92 Å². The Labute approximate surface area is 58.8 Å². The van der Waals surface area contributed by atoms with Crippen LogP contribution in [0.2, 0.25) is 0 Å². The SMILES string of the molecule is CCC.C[C@H]1CCNC1. The highest BCUT2D eigenvalue weighted by atomic mass is 14.9. The maximum Gasteiger partial charge on any atom is -0.00227 e. The maximum absolute atomic E-state index is 3.27. The second kappa shape index (κ2) is 6.09. The Morgan fingerprint density at radius 1 is 1.44 bits per heavy atom. The molecule has 0 spiro atoms. The zero-order chi connectivity index (χ0) is 7.11. The quantitative estimate of drug-likeness (QED) is 0.527. The van der Waals surface area contributed by atoms with Crippen molar-refractivity contribution in [1.29, 1.82) is 0 Å². The van der Waals surface area contributed by atoms with Crippen LogP contribution in [0, 0.1) is 5.92 Å². The number of nitrogens with one attached hydrogen (secondary N) is 1. The minimum absolute atomic E-state index is 0.935. The van der Waals surface area contributed by atoms with Crippen molar-refractivity contribution in [3.05, 3.63) is 0 Å². The first-order valence-electron chi connectivity index (χ1n) is 4.02. The third-order valence-corrected chi connectivity index (χ3v) is 1.31. The largest absolute Gasteiger partial charge is 0.316 e. The van der Waals surface area contributed by atoms with Crippen LogP contribution in [-0.4, -0.2) is 13.1 Å². The molecule has 1 heteroatoms. The lowest BCUT2D eigenvalue weighted by Gasteiger charge is -1.90. The van der Waals surface area contributed by atoms with Gasteiger partial charge in [-0.3, -0.25) is 0 Å². The summed E-state index contributed by atoms with van der Waals surface area (Å²) in [6.45, 7) is 9.00. The van der Waals surface area contributed by atoms with E-state index in [1.165, 1.54) is 25.9 Å². The molecule has 1 saturated heterocycles. The second-order valence-corrected chi connectivity index (χ2v) is 2.81. The molecule has 0 saturated carbocycles. The Hall–Kier alpha value is -0.0400. The zero-order valence-electron chi connectivity index (χ0n) is 6.91. The molecule has 0 unspecified atom stereocenters. The van der Waals surface area contributed by atoms with Gasteiger partial charge in [0.2, 0.25) is 0 Å². The van der Waals surface area contributed by atoms with E-state index in [2.05, 4.69) is 26.1 Å². The molecule has 0 aliphatic carbocycles. The van der Waals surface area contributed by atoms with Gasteiger partial charge in [-0.15, -0.1) is 0 Å². The molecule has 0 aromatic heterocycles. The molecule has 1 atom stereocenters. The van der Waals surface area contributed by atoms with Gasteiger partial charge in [0.05, 0.1) is 0 Å². The molecule has 1 aliphatic heterocycles. The van der Waals surface area contributed by atoms with Crippen LogP contribution in [0.25, 0.3) is 0 Å². The molecule has 9 heavy (non-hydrogen) atoms. The summed E-state index contributed by atoms with van der Waals surface area (Å²) in [7, 11) is 0. The number of hydrogen-bond acceptors (Lipinski definition) is 1. The van der Waals surface area contributed by atoms with E-state index in [9.17, 15) is 0 Å². The standard InChI is InChI=1S/C5H11N.C3H8/c1-5-2-3-6-4-5;1-3-2/h5-6H,2-4H2,1H3;3H2,1-2H3/t5-;/m0./s1. The fourth-order valence-corrected chi connectivity index (χ4v) is 0.799. The third-order valence-electron chi connectivity index (χ3n) is 1.31. The molecule has 0 bridgehead atoms. The minimum atomic E-state index is 0.935. The lowest BCUT2D eigenvalue weighted by molar-refractivity contribution is 0.651. The Kier molecular flexibility index (Phi) is 6.06. The average molecular weight is 129 g/mol. The Bertz CT molecular complexity index is 46.5. The third kappa shape index (κ3) is 5.84. The van der Waals surface area contributed by atoms with Crippen LogP contribution < -0.4 is 5.32 Å². The summed E-state index contributed by atoms with van der Waals surface area (Å²) in [6.07, 6.45) is 2.62. The van der Waals surface area contributed by atoms with Gasteiger partial charge in [0, 0.05) is 0 Å². The lowest BCUT2D eigenvalue weighted by atomic mass is 10.2. The van der Waals surface area contributed by atoms with Crippen molar-refractivity contribution in [3.63, 3.8) is 0 Å². The van der Waals surface area contributed by atoms with Gasteiger partial charge in [0.25, 0.3) is 0 Å². The van der Waals surface area contributed by atoms with E-state index >= 15 is 0 Å². The van der Waals surface area contributed by atoms with Gasteiger partial charge >= 0.3 is 0 Å². The molecule has 1 rings (SSSR count). The fraction of sp³-hybridized carbons (Fsp3) is 1.00. The first kappa shape index (κ1) is 8.96. The fourth-order valence-electron chi connectivity index (χ4n) is 0.799. The first-order chi connectivity index (χ1) is 4.31. The van der Waals surface area contributed by atoms with E-state index in [4.69, 9.17) is 0 Å². The summed E-state index contributed by atoms with van der Waals surface area (Å²) in [5.74, 6) is 0.935. The summed E-state index contributed by atoms with van der Waals surface area (Å²) in [6, 6.07) is 0. The van der Waals surface area contributed by atoms with Gasteiger partial charge in [-0.2, -0.15) is 0 Å². The van der Waals surface area contributed by atoms with Gasteiger partial charge in [-0.05, 0) is 25.4 Å². The van der Waals surface area contributed by atoms with Crippen LogP contribution in [-0.2, 0) is 0 Å². The van der Waals surface area contributed by atoms with Crippen LogP contribution in [0.5, 0.6) is 0 Å². The maximum atomic E-state index is 3.27. The van der Waals surface area contributed by atoms with Gasteiger partial charge in [0.1, 0.15) is 0 Å². The van der Waals surface area contributed by atoms with Gasteiger partial charge < -0.3 is 5.32 Å². The highest BCUT2D eigenvalue weighted by molar-refractivity contribution is 4.65. The molecule has 1 N–H and O–H groups in total. The number of rotatable bonds is 0. The summed E-state index contributed by atoms with van der Waals surface area (Å²) in [5.41, 5.74) is 0. The van der Waals surface area contributed by atoms with E-state index in [-0.39, 0.29) is 0 Å². The minimum Gasteiger partial charge on any atom is -0.316 e. The summed E-state index contributed by atoms with van der Waals surface area (Å²) in [4.78, 5) is 0. The monoisotopic (exact) mass is 129 g/mol. The first-order valence-corrected chi connectivity index (χ1v) is 4.02. The predicted octanol–water partition coefficient (Wildman–Crippen LogP) is 2.03. The second-order valence-electron chi connectivity index (χ2n) is 2.81. The Morgan fingerprint density at radius 3 is 2.11 bits per heavy atom. The summed E-state index contributed by atoms with van der Waals surface area (Å²) < 4.78 is 0. The molecule has 56 valence electrons. The van der Waals surface area contributed by atoms with Crippen molar-refractivity contribution < 1.29 is 0 Å². The van der Waals surface area contributed by atoms with E-state index < -0.39 is 0 Å². The molecule has 0 radical (unpaired) electrons. The number of hydrogen-bond donors (Lipinski definition) is 1. The highest BCUT2D eigenvalue weighted by Gasteiger charge is 2.06. The van der Waals surface area contributed by atoms with Crippen molar-refractivity contribution in [3.8, 4) is 0 Å². The summed E-state index contributed by atoms with van der Waals surface area (Å²) >= 11 is 0. The van der Waals surface area contributed by atoms with Crippen molar-refractivity contribution in [1.82, 2.24) is 5.32 Å². The molecular weight excluding hydrogens is 110 g/mol. The van der Waals surface area contributed by atoms with Crippen LogP contribution in [0.15, 0.2) is 0 Å². The molecule has 1 heterocycles. The molecule has 0 aromatic carbocycles. The Balaban J connectivity index is 0.000000187. The predicted molar refractivity (Wildman–Crippen MR) is 42.6 cm³/mol. The van der Waals surface area contributed by atoms with Crippen molar-refractivity contribution in [2.45, 2.75) is 33.6 Å². The van der Waals surface area contributed by atoms with E-state index in [1.54, 1.807) is 0 Å². The van der Waals surface area contributed by atoms with Crippen molar-refractivity contribution in [2.75, 3.05) is 13.1 Å². The van der Waals surface area contributed by atoms with Gasteiger partial charge in [-0.1, -0.05) is 27.2 Å². The smallest absolute Gasteiger partial charge is 0.00227 e. The molecule has 1 fully saturated rings. The van der Waals surface area contributed by atoms with Crippen LogP contribution in [0.3, 0.4) is 0 Å². The molecule has 0 aromatic rings. The average Bonchev–Trinajstić information content (AvgIpc) is 2.20.